The smallest absolute Gasteiger partial charge is 0.329 e. The third kappa shape index (κ3) is 14.6. The van der Waals surface area contributed by atoms with Gasteiger partial charge in [-0.2, -0.15) is 0 Å². The second kappa shape index (κ2) is 24.3. The lowest BCUT2D eigenvalue weighted by atomic mass is 9.91. The van der Waals surface area contributed by atoms with Crippen LogP contribution in [0.3, 0.4) is 0 Å². The maximum Gasteiger partial charge on any atom is 0.329 e. The molecule has 0 aromatic heterocycles. The van der Waals surface area contributed by atoms with Crippen molar-refractivity contribution in [1.82, 2.24) is 36.4 Å². The highest BCUT2D eigenvalue weighted by atomic mass is 16.5. The molecular weight excluding hydrogens is 811 g/mol. The Hall–Kier alpha value is -4.77. The third-order valence-electron chi connectivity index (χ3n) is 12.2. The van der Waals surface area contributed by atoms with Gasteiger partial charge >= 0.3 is 5.97 Å². The minimum absolute atomic E-state index is 0.0101. The molecule has 10 atom stereocenters. The van der Waals surface area contributed by atoms with Gasteiger partial charge in [0.2, 0.25) is 35.4 Å². The molecule has 2 aliphatic rings. The van der Waals surface area contributed by atoms with Gasteiger partial charge in [-0.3, -0.25) is 28.8 Å². The van der Waals surface area contributed by atoms with Crippen molar-refractivity contribution in [1.29, 1.82) is 0 Å². The summed E-state index contributed by atoms with van der Waals surface area (Å²) < 4.78 is 11.4. The molecule has 0 unspecified atom stereocenters. The summed E-state index contributed by atoms with van der Waals surface area (Å²) in [7, 11) is 4.62. The van der Waals surface area contributed by atoms with Crippen LogP contribution in [-0.4, -0.2) is 139 Å². The lowest BCUT2D eigenvalue weighted by Crippen LogP contribution is -2.61. The summed E-state index contributed by atoms with van der Waals surface area (Å²) in [5, 5.41) is 25.8. The van der Waals surface area contributed by atoms with Crippen molar-refractivity contribution < 1.29 is 48.1 Å². The zero-order chi connectivity index (χ0) is 47.3. The summed E-state index contributed by atoms with van der Waals surface area (Å²) in [5.41, 5.74) is 0.663. The van der Waals surface area contributed by atoms with E-state index >= 15 is 0 Å². The predicted molar refractivity (Wildman–Crippen MR) is 238 cm³/mol. The van der Waals surface area contributed by atoms with Crippen LogP contribution in [0.15, 0.2) is 24.3 Å². The largest absolute Gasteiger partial charge is 0.497 e. The van der Waals surface area contributed by atoms with E-state index in [1.165, 1.54) is 30.9 Å². The number of aliphatic hydroxyl groups excluding tert-OH is 1. The molecular formula is C46H75N7O10. The molecule has 354 valence electrons. The summed E-state index contributed by atoms with van der Waals surface area (Å²) in [6, 6.07) is -0.594. The molecule has 63 heavy (non-hydrogen) atoms. The second-order valence-electron chi connectivity index (χ2n) is 18.5. The average molecular weight is 886 g/mol. The highest BCUT2D eigenvalue weighted by molar-refractivity contribution is 5.96. The van der Waals surface area contributed by atoms with E-state index < -0.39 is 108 Å². The molecule has 17 heteroatoms. The molecule has 0 aliphatic carbocycles. The van der Waals surface area contributed by atoms with Gasteiger partial charge in [0.05, 0.1) is 31.7 Å². The first kappa shape index (κ1) is 52.6. The van der Waals surface area contributed by atoms with E-state index in [4.69, 9.17) is 9.47 Å². The van der Waals surface area contributed by atoms with Gasteiger partial charge in [-0.05, 0) is 81.0 Å². The van der Waals surface area contributed by atoms with Crippen LogP contribution in [0.2, 0.25) is 0 Å². The summed E-state index contributed by atoms with van der Waals surface area (Å²) in [6.07, 6.45) is -1.29. The Labute approximate surface area is 373 Å². The number of nitrogens with zero attached hydrogens (tertiary/aromatic N) is 2. The molecule has 2 fully saturated rings. The van der Waals surface area contributed by atoms with Gasteiger partial charge in [0.15, 0.2) is 0 Å². The van der Waals surface area contributed by atoms with E-state index in [0.717, 1.165) is 0 Å². The van der Waals surface area contributed by atoms with Crippen molar-refractivity contribution in [3.05, 3.63) is 29.8 Å². The SMILES string of the molecule is CC[C@H](C)[C@H]1NC(=O)[C@@H](NC(=O)[C@@H](CC(C)C)NC)[C@@H](C)OC(=O)[C@H](Cc2ccc(OC)cc2)N(C)C(=O)[C@@H]2CCCN2C(=O)[C@H](CC(C)C)NC(=O)[C@H](C(C)C)NC(=O)C[C@@H]1O. The number of nitrogens with one attached hydrogen (secondary N) is 5. The van der Waals surface area contributed by atoms with Crippen molar-refractivity contribution in [2.75, 3.05) is 27.7 Å². The van der Waals surface area contributed by atoms with E-state index in [2.05, 4.69) is 26.6 Å². The fourth-order valence-electron chi connectivity index (χ4n) is 8.21. The minimum Gasteiger partial charge on any atom is -0.497 e. The van der Waals surface area contributed by atoms with Crippen LogP contribution < -0.4 is 31.3 Å². The zero-order valence-corrected chi connectivity index (χ0v) is 39.5. The molecule has 0 spiro atoms. The Morgan fingerprint density at radius 1 is 0.937 bits per heavy atom. The van der Waals surface area contributed by atoms with Crippen LogP contribution in [0, 0.1) is 23.7 Å². The average Bonchev–Trinajstić information content (AvgIpc) is 3.72. The number of fused-ring (bicyclic) bond motifs is 1. The Balaban J connectivity index is 2.21. The molecule has 2 aliphatic heterocycles. The van der Waals surface area contributed by atoms with E-state index in [1.807, 2.05) is 34.6 Å². The van der Waals surface area contributed by atoms with Crippen LogP contribution >= 0.6 is 0 Å². The Morgan fingerprint density at radius 2 is 1.59 bits per heavy atom. The van der Waals surface area contributed by atoms with Crippen molar-refractivity contribution in [2.24, 2.45) is 23.7 Å². The molecule has 0 saturated carbocycles. The Morgan fingerprint density at radius 3 is 2.14 bits per heavy atom. The molecule has 1 aromatic rings. The molecule has 0 bridgehead atoms. The van der Waals surface area contributed by atoms with Crippen molar-refractivity contribution >= 4 is 41.4 Å². The minimum atomic E-state index is -1.48. The van der Waals surface area contributed by atoms with E-state index in [9.17, 15) is 38.7 Å². The summed E-state index contributed by atoms with van der Waals surface area (Å²) in [4.78, 5) is 102. The van der Waals surface area contributed by atoms with Crippen LogP contribution in [0.4, 0.5) is 0 Å². The molecule has 6 amide bonds. The quantitative estimate of drug-likeness (QED) is 0.157. The first-order chi connectivity index (χ1) is 29.6. The lowest BCUT2D eigenvalue weighted by molar-refractivity contribution is -0.162. The van der Waals surface area contributed by atoms with Crippen LogP contribution in [0.25, 0.3) is 0 Å². The number of rotatable bonds is 13. The van der Waals surface area contributed by atoms with Gasteiger partial charge < -0.3 is 51.0 Å². The van der Waals surface area contributed by atoms with Crippen LogP contribution in [-0.2, 0) is 44.7 Å². The number of cyclic esters (lactones) is 1. The number of aliphatic hydroxyl groups is 1. The number of amides is 6. The first-order valence-electron chi connectivity index (χ1n) is 22.6. The fraction of sp³-hybridized carbons (Fsp3) is 0.717. The fourth-order valence-corrected chi connectivity index (χ4v) is 8.21. The molecule has 2 saturated heterocycles. The molecule has 1 aromatic carbocycles. The van der Waals surface area contributed by atoms with Gasteiger partial charge in [-0.25, -0.2) is 4.79 Å². The number of methoxy groups -OCH3 is 1. The molecule has 3 rings (SSSR count). The first-order valence-corrected chi connectivity index (χ1v) is 22.6. The van der Waals surface area contributed by atoms with Gasteiger partial charge in [0, 0.05) is 20.0 Å². The maximum atomic E-state index is 14.6. The molecule has 2 heterocycles. The summed E-state index contributed by atoms with van der Waals surface area (Å²) in [5.74, 6) is -4.56. The normalized spacial score (nSPS) is 27.2. The van der Waals surface area contributed by atoms with Crippen molar-refractivity contribution in [3.8, 4) is 5.75 Å². The number of hydrogen-bond donors (Lipinski definition) is 6. The number of benzene rings is 1. The van der Waals surface area contributed by atoms with Crippen molar-refractivity contribution in [3.63, 3.8) is 0 Å². The lowest BCUT2D eigenvalue weighted by Gasteiger charge is -2.35. The van der Waals surface area contributed by atoms with Gasteiger partial charge in [0.25, 0.3) is 0 Å². The molecule has 17 nitrogen and oxygen atoms in total. The number of esters is 1. The number of ether oxygens (including phenoxy) is 2. The number of carbonyl (C=O) groups excluding carboxylic acids is 7. The third-order valence-corrected chi connectivity index (χ3v) is 12.2. The van der Waals surface area contributed by atoms with Gasteiger partial charge in [0.1, 0.15) is 42.1 Å². The predicted octanol–water partition coefficient (Wildman–Crippen LogP) is 2.07. The Bertz CT molecular complexity index is 1720. The van der Waals surface area contributed by atoms with E-state index in [1.54, 1.807) is 52.1 Å². The van der Waals surface area contributed by atoms with Crippen LogP contribution in [0.1, 0.15) is 106 Å². The number of hydrogen-bond acceptors (Lipinski definition) is 11. The molecule has 6 N–H and O–H groups in total. The van der Waals surface area contributed by atoms with E-state index in [0.29, 0.717) is 37.0 Å². The zero-order valence-electron chi connectivity index (χ0n) is 39.5. The number of carbonyl (C=O) groups is 7. The van der Waals surface area contributed by atoms with Crippen molar-refractivity contribution in [2.45, 2.75) is 162 Å². The van der Waals surface area contributed by atoms with Gasteiger partial charge in [-0.15, -0.1) is 0 Å². The number of likely N-dealkylation sites (N-methyl/N-ethyl adjacent to an activating group) is 2. The highest BCUT2D eigenvalue weighted by Crippen LogP contribution is 2.25. The maximum absolute atomic E-state index is 14.6. The second-order valence-corrected chi connectivity index (χ2v) is 18.5. The summed E-state index contributed by atoms with van der Waals surface area (Å²) in [6.45, 7) is 16.6. The standard InChI is InChI=1S/C46H75N7O10/c1-13-28(8)39-36(54)24-37(55)49-38(27(6)7)42(57)48-33(22-26(4)5)44(59)53-20-14-15-34(53)45(60)52(11)35(23-30-16-18-31(62-12)19-17-30)46(61)63-29(9)40(43(58)50-39)51-41(56)32(47-10)21-25(2)3/h16-19,25-29,32-36,38-40,47,54H,13-15,20-24H2,1-12H3,(H,48,57)(H,49,55)(H,50,58)(H,51,56)/t28-,29+,32+,33-,34-,35-,36-,38-,39+,40-/m0/s1. The van der Waals surface area contributed by atoms with Crippen LogP contribution in [0.5, 0.6) is 5.75 Å². The summed E-state index contributed by atoms with van der Waals surface area (Å²) >= 11 is 0. The Kier molecular flexibility index (Phi) is 20.3. The van der Waals surface area contributed by atoms with E-state index in [-0.39, 0.29) is 37.1 Å². The molecule has 0 radical (unpaired) electrons. The highest BCUT2D eigenvalue weighted by Gasteiger charge is 2.44. The van der Waals surface area contributed by atoms with Gasteiger partial charge in [-0.1, -0.05) is 73.9 Å². The topological polar surface area (TPSA) is 225 Å². The monoisotopic (exact) mass is 886 g/mol.